The number of benzene rings is 1. The molecule has 0 atom stereocenters. The summed E-state index contributed by atoms with van der Waals surface area (Å²) < 4.78 is 6.01. The summed E-state index contributed by atoms with van der Waals surface area (Å²) in [6.07, 6.45) is 2.48. The van der Waals surface area contributed by atoms with Crippen LogP contribution in [0.5, 0.6) is 5.75 Å². The molecule has 94 valence electrons. The molecule has 0 spiro atoms. The zero-order valence-corrected chi connectivity index (χ0v) is 11.2. The maximum absolute atomic E-state index is 6.01. The van der Waals surface area contributed by atoms with Crippen molar-refractivity contribution in [2.75, 3.05) is 19.7 Å². The first-order valence-corrected chi connectivity index (χ1v) is 6.58. The van der Waals surface area contributed by atoms with Crippen molar-refractivity contribution in [2.24, 2.45) is 5.92 Å². The van der Waals surface area contributed by atoms with Crippen molar-refractivity contribution in [3.8, 4) is 5.75 Å². The van der Waals surface area contributed by atoms with E-state index in [0.29, 0.717) is 0 Å². The highest BCUT2D eigenvalue weighted by molar-refractivity contribution is 5.41. The second-order valence-corrected chi connectivity index (χ2v) is 5.21. The van der Waals surface area contributed by atoms with E-state index in [1.807, 2.05) is 0 Å². The van der Waals surface area contributed by atoms with Gasteiger partial charge in [-0.1, -0.05) is 6.07 Å². The van der Waals surface area contributed by atoms with Gasteiger partial charge in [0.1, 0.15) is 5.75 Å². The van der Waals surface area contributed by atoms with Gasteiger partial charge in [0.15, 0.2) is 0 Å². The van der Waals surface area contributed by atoms with Crippen LogP contribution in [0.1, 0.15) is 29.5 Å². The predicted octanol–water partition coefficient (Wildman–Crippen LogP) is 2.99. The van der Waals surface area contributed by atoms with Crippen LogP contribution in [0, 0.1) is 26.7 Å². The van der Waals surface area contributed by atoms with Gasteiger partial charge in [0, 0.05) is 0 Å². The monoisotopic (exact) mass is 233 g/mol. The largest absolute Gasteiger partial charge is 0.493 e. The first kappa shape index (κ1) is 12.4. The molecule has 1 aromatic rings. The molecule has 0 aromatic heterocycles. The lowest BCUT2D eigenvalue weighted by Gasteiger charge is -2.23. The number of rotatable bonds is 3. The number of hydrogen-bond donors (Lipinski definition) is 1. The molecule has 1 aliphatic rings. The minimum Gasteiger partial charge on any atom is -0.493 e. The summed E-state index contributed by atoms with van der Waals surface area (Å²) >= 11 is 0. The second-order valence-electron chi connectivity index (χ2n) is 5.21. The zero-order chi connectivity index (χ0) is 12.3. The number of ether oxygens (including phenoxy) is 1. The van der Waals surface area contributed by atoms with Gasteiger partial charge in [-0.3, -0.25) is 0 Å². The van der Waals surface area contributed by atoms with Crippen LogP contribution in [0.25, 0.3) is 0 Å². The Bertz CT molecular complexity index is 381. The molecule has 0 radical (unpaired) electrons. The van der Waals surface area contributed by atoms with Crippen LogP contribution < -0.4 is 10.1 Å². The molecule has 1 N–H and O–H groups in total. The van der Waals surface area contributed by atoms with Crippen LogP contribution in [0.4, 0.5) is 0 Å². The van der Waals surface area contributed by atoms with Crippen LogP contribution >= 0.6 is 0 Å². The molecular weight excluding hydrogens is 210 g/mol. The molecule has 17 heavy (non-hydrogen) atoms. The maximum Gasteiger partial charge on any atom is 0.122 e. The van der Waals surface area contributed by atoms with E-state index < -0.39 is 0 Å². The van der Waals surface area contributed by atoms with Crippen molar-refractivity contribution in [3.63, 3.8) is 0 Å². The lowest BCUT2D eigenvalue weighted by molar-refractivity contribution is 0.214. The molecule has 1 saturated heterocycles. The number of aryl methyl sites for hydroxylation is 2. The fourth-order valence-electron chi connectivity index (χ4n) is 2.41. The Labute approximate surface area is 104 Å². The normalized spacial score (nSPS) is 17.1. The summed E-state index contributed by atoms with van der Waals surface area (Å²) in [6, 6.07) is 4.37. The van der Waals surface area contributed by atoms with E-state index in [1.165, 1.54) is 29.5 Å². The van der Waals surface area contributed by atoms with Gasteiger partial charge in [0.25, 0.3) is 0 Å². The summed E-state index contributed by atoms with van der Waals surface area (Å²) in [4.78, 5) is 0. The van der Waals surface area contributed by atoms with E-state index in [4.69, 9.17) is 4.74 Å². The third-order valence-electron chi connectivity index (χ3n) is 3.70. The van der Waals surface area contributed by atoms with Crippen molar-refractivity contribution in [2.45, 2.75) is 33.6 Å². The molecule has 2 rings (SSSR count). The summed E-state index contributed by atoms with van der Waals surface area (Å²) in [7, 11) is 0. The molecule has 1 aromatic carbocycles. The zero-order valence-electron chi connectivity index (χ0n) is 11.2. The average molecular weight is 233 g/mol. The predicted molar refractivity (Wildman–Crippen MR) is 71.7 cm³/mol. The Morgan fingerprint density at radius 3 is 2.59 bits per heavy atom. The first-order valence-electron chi connectivity index (χ1n) is 6.58. The SMILES string of the molecule is Cc1cc(C)c(C)c(OCC2CCNCC2)c1. The molecule has 0 saturated carbocycles. The van der Waals surface area contributed by atoms with E-state index in [0.717, 1.165) is 31.4 Å². The molecule has 1 heterocycles. The van der Waals surface area contributed by atoms with Gasteiger partial charge in [-0.15, -0.1) is 0 Å². The highest BCUT2D eigenvalue weighted by Gasteiger charge is 2.14. The molecule has 1 aliphatic heterocycles. The quantitative estimate of drug-likeness (QED) is 0.866. The van der Waals surface area contributed by atoms with Crippen LogP contribution in [-0.2, 0) is 0 Å². The van der Waals surface area contributed by atoms with Gasteiger partial charge < -0.3 is 10.1 Å². The summed E-state index contributed by atoms with van der Waals surface area (Å²) in [5.41, 5.74) is 3.89. The molecule has 0 aliphatic carbocycles. The maximum atomic E-state index is 6.01. The Hall–Kier alpha value is -1.02. The Morgan fingerprint density at radius 1 is 1.18 bits per heavy atom. The average Bonchev–Trinajstić information content (AvgIpc) is 2.33. The third kappa shape index (κ3) is 3.22. The minimum absolute atomic E-state index is 0.719. The Balaban J connectivity index is 1.98. The number of piperidine rings is 1. The van der Waals surface area contributed by atoms with Crippen LogP contribution in [0.2, 0.25) is 0 Å². The summed E-state index contributed by atoms with van der Waals surface area (Å²) in [5.74, 6) is 1.79. The van der Waals surface area contributed by atoms with E-state index >= 15 is 0 Å². The van der Waals surface area contributed by atoms with Gasteiger partial charge in [-0.05, 0) is 75.4 Å². The Morgan fingerprint density at radius 2 is 1.88 bits per heavy atom. The van der Waals surface area contributed by atoms with E-state index in [-0.39, 0.29) is 0 Å². The van der Waals surface area contributed by atoms with Crippen LogP contribution in [-0.4, -0.2) is 19.7 Å². The van der Waals surface area contributed by atoms with E-state index in [1.54, 1.807) is 0 Å². The molecule has 2 heteroatoms. The minimum atomic E-state index is 0.719. The first-order chi connectivity index (χ1) is 8.16. The van der Waals surface area contributed by atoms with Gasteiger partial charge >= 0.3 is 0 Å². The van der Waals surface area contributed by atoms with Gasteiger partial charge in [0.05, 0.1) is 6.61 Å². The highest BCUT2D eigenvalue weighted by atomic mass is 16.5. The molecule has 0 amide bonds. The summed E-state index contributed by atoms with van der Waals surface area (Å²) in [6.45, 7) is 9.57. The second kappa shape index (κ2) is 5.54. The van der Waals surface area contributed by atoms with Gasteiger partial charge in [-0.25, -0.2) is 0 Å². The fraction of sp³-hybridized carbons (Fsp3) is 0.600. The van der Waals surface area contributed by atoms with Crippen molar-refractivity contribution in [3.05, 3.63) is 28.8 Å². The lowest BCUT2D eigenvalue weighted by Crippen LogP contribution is -2.30. The third-order valence-corrected chi connectivity index (χ3v) is 3.70. The summed E-state index contributed by atoms with van der Waals surface area (Å²) in [5, 5.41) is 3.39. The van der Waals surface area contributed by atoms with Crippen molar-refractivity contribution in [1.82, 2.24) is 5.32 Å². The number of nitrogens with one attached hydrogen (secondary N) is 1. The Kier molecular flexibility index (Phi) is 4.06. The van der Waals surface area contributed by atoms with Crippen molar-refractivity contribution in [1.29, 1.82) is 0 Å². The topological polar surface area (TPSA) is 21.3 Å². The fourth-order valence-corrected chi connectivity index (χ4v) is 2.41. The van der Waals surface area contributed by atoms with Crippen LogP contribution in [0.3, 0.4) is 0 Å². The molecule has 0 bridgehead atoms. The number of hydrogen-bond acceptors (Lipinski definition) is 2. The molecule has 0 unspecified atom stereocenters. The highest BCUT2D eigenvalue weighted by Crippen LogP contribution is 2.24. The standard InChI is InChI=1S/C15H23NO/c1-11-8-12(2)13(3)15(9-11)17-10-14-4-6-16-7-5-14/h8-9,14,16H,4-7,10H2,1-3H3. The smallest absolute Gasteiger partial charge is 0.122 e. The van der Waals surface area contributed by atoms with Gasteiger partial charge in [-0.2, -0.15) is 0 Å². The van der Waals surface area contributed by atoms with E-state index in [2.05, 4.69) is 38.2 Å². The molecule has 2 nitrogen and oxygen atoms in total. The van der Waals surface area contributed by atoms with Crippen LogP contribution in [0.15, 0.2) is 12.1 Å². The van der Waals surface area contributed by atoms with Gasteiger partial charge in [0.2, 0.25) is 0 Å². The lowest BCUT2D eigenvalue weighted by atomic mass is 9.99. The molecular formula is C15H23NO. The molecule has 1 fully saturated rings. The van der Waals surface area contributed by atoms with Crippen molar-refractivity contribution < 1.29 is 4.74 Å². The van der Waals surface area contributed by atoms with Crippen molar-refractivity contribution >= 4 is 0 Å². The van der Waals surface area contributed by atoms with E-state index in [9.17, 15) is 0 Å².